The lowest BCUT2D eigenvalue weighted by Gasteiger charge is -2.05. The predicted octanol–water partition coefficient (Wildman–Crippen LogP) is 4.38. The zero-order valence-electron chi connectivity index (χ0n) is 14.2. The molecular formula is C18H11Br2N3O5. The molecule has 8 nitrogen and oxygen atoms in total. The van der Waals surface area contributed by atoms with E-state index in [2.05, 4.69) is 42.4 Å². The van der Waals surface area contributed by atoms with Gasteiger partial charge in [0.1, 0.15) is 0 Å². The number of amides is 1. The molecular weight excluding hydrogens is 498 g/mol. The number of nitrogens with one attached hydrogen (secondary N) is 1. The fourth-order valence-electron chi connectivity index (χ4n) is 2.40. The van der Waals surface area contributed by atoms with E-state index in [1.165, 1.54) is 24.3 Å². The normalized spacial score (nSPS) is 11.5. The van der Waals surface area contributed by atoms with Gasteiger partial charge >= 0.3 is 5.63 Å². The van der Waals surface area contributed by atoms with Crippen molar-refractivity contribution in [3.05, 3.63) is 83.1 Å². The van der Waals surface area contributed by atoms with Crippen molar-refractivity contribution in [3.63, 3.8) is 0 Å². The van der Waals surface area contributed by atoms with Crippen LogP contribution in [0, 0.1) is 10.1 Å². The molecule has 1 aromatic heterocycles. The van der Waals surface area contributed by atoms with Crippen molar-refractivity contribution in [1.82, 2.24) is 5.43 Å². The van der Waals surface area contributed by atoms with Crippen molar-refractivity contribution in [1.29, 1.82) is 0 Å². The van der Waals surface area contributed by atoms with Crippen molar-refractivity contribution >= 4 is 60.1 Å². The van der Waals surface area contributed by atoms with Gasteiger partial charge in [0.05, 0.1) is 20.7 Å². The molecule has 0 unspecified atom stereocenters. The monoisotopic (exact) mass is 507 g/mol. The second-order valence-corrected chi connectivity index (χ2v) is 7.47. The van der Waals surface area contributed by atoms with Crippen LogP contribution in [0.5, 0.6) is 0 Å². The number of hydrogen-bond acceptors (Lipinski definition) is 6. The summed E-state index contributed by atoms with van der Waals surface area (Å²) in [6.45, 7) is 1.56. The largest absolute Gasteiger partial charge is 0.421 e. The van der Waals surface area contributed by atoms with E-state index in [9.17, 15) is 19.7 Å². The molecule has 142 valence electrons. The molecule has 0 aliphatic heterocycles. The summed E-state index contributed by atoms with van der Waals surface area (Å²) in [5.41, 5.74) is 2.65. The third-order valence-electron chi connectivity index (χ3n) is 3.81. The van der Waals surface area contributed by atoms with Crippen LogP contribution in [0.2, 0.25) is 0 Å². The van der Waals surface area contributed by atoms with Gasteiger partial charge in [-0.25, -0.2) is 10.2 Å². The molecule has 0 atom stereocenters. The Bertz CT molecular complexity index is 1190. The minimum absolute atomic E-state index is 0.123. The van der Waals surface area contributed by atoms with Gasteiger partial charge in [0.25, 0.3) is 11.6 Å². The molecule has 0 aliphatic carbocycles. The molecule has 3 rings (SSSR count). The number of carbonyl (C=O) groups excluding carboxylic acids is 1. The molecule has 1 heterocycles. The summed E-state index contributed by atoms with van der Waals surface area (Å²) in [7, 11) is 0. The van der Waals surface area contributed by atoms with Crippen LogP contribution in [0.4, 0.5) is 5.69 Å². The summed E-state index contributed by atoms with van der Waals surface area (Å²) >= 11 is 6.71. The number of nitrogens with zero attached hydrogens (tertiary/aromatic N) is 2. The SMILES string of the molecule is C/C(=N\NC(=O)c1ccc([N+](=O)[O-])cc1)c1cc2cc(Br)cc(Br)c2oc1=O. The number of fused-ring (bicyclic) bond motifs is 1. The van der Waals surface area contributed by atoms with Gasteiger partial charge in [0.15, 0.2) is 5.58 Å². The van der Waals surface area contributed by atoms with E-state index < -0.39 is 16.5 Å². The summed E-state index contributed by atoms with van der Waals surface area (Å²) in [5, 5.41) is 15.3. The zero-order chi connectivity index (χ0) is 20.4. The Morgan fingerprint density at radius 1 is 1.18 bits per heavy atom. The van der Waals surface area contributed by atoms with Crippen molar-refractivity contribution in [2.24, 2.45) is 5.10 Å². The average Bonchev–Trinajstić information content (AvgIpc) is 2.66. The Morgan fingerprint density at radius 2 is 1.86 bits per heavy atom. The van der Waals surface area contributed by atoms with Gasteiger partial charge in [-0.15, -0.1) is 0 Å². The molecule has 0 saturated carbocycles. The van der Waals surface area contributed by atoms with Crippen molar-refractivity contribution in [2.45, 2.75) is 6.92 Å². The molecule has 10 heteroatoms. The highest BCUT2D eigenvalue weighted by Crippen LogP contribution is 2.28. The number of hydrazone groups is 1. The second-order valence-electron chi connectivity index (χ2n) is 5.70. The Balaban J connectivity index is 1.87. The maximum Gasteiger partial charge on any atom is 0.345 e. The maximum absolute atomic E-state index is 12.3. The van der Waals surface area contributed by atoms with Gasteiger partial charge in [-0.1, -0.05) is 15.9 Å². The lowest BCUT2D eigenvalue weighted by atomic mass is 10.1. The van der Waals surface area contributed by atoms with Crippen LogP contribution >= 0.6 is 31.9 Å². The highest BCUT2D eigenvalue weighted by atomic mass is 79.9. The Labute approximate surface area is 174 Å². The molecule has 0 saturated heterocycles. The van der Waals surface area contributed by atoms with Crippen LogP contribution in [0.1, 0.15) is 22.8 Å². The number of halogens is 2. The summed E-state index contributed by atoms with van der Waals surface area (Å²) in [4.78, 5) is 34.5. The number of nitro benzene ring substituents is 1. The molecule has 1 amide bonds. The van der Waals surface area contributed by atoms with E-state index in [4.69, 9.17) is 4.42 Å². The third-order valence-corrected chi connectivity index (χ3v) is 4.85. The van der Waals surface area contributed by atoms with Gasteiger partial charge < -0.3 is 4.42 Å². The number of nitro groups is 1. The van der Waals surface area contributed by atoms with E-state index in [1.54, 1.807) is 25.1 Å². The van der Waals surface area contributed by atoms with E-state index in [0.29, 0.717) is 15.4 Å². The average molecular weight is 509 g/mol. The van der Waals surface area contributed by atoms with Gasteiger partial charge in [0, 0.05) is 27.6 Å². The van der Waals surface area contributed by atoms with Crippen LogP contribution < -0.4 is 11.1 Å². The van der Waals surface area contributed by atoms with Crippen LogP contribution in [0.15, 0.2) is 65.7 Å². The molecule has 3 aromatic rings. The van der Waals surface area contributed by atoms with Crippen LogP contribution in [-0.4, -0.2) is 16.5 Å². The van der Waals surface area contributed by atoms with E-state index in [1.807, 2.05) is 0 Å². The minimum Gasteiger partial charge on any atom is -0.421 e. The van der Waals surface area contributed by atoms with Gasteiger partial charge in [0.2, 0.25) is 0 Å². The quantitative estimate of drug-likeness (QED) is 0.243. The summed E-state index contributed by atoms with van der Waals surface area (Å²) in [5.74, 6) is -0.565. The molecule has 1 N–H and O–H groups in total. The van der Waals surface area contributed by atoms with E-state index in [-0.39, 0.29) is 22.5 Å². The highest BCUT2D eigenvalue weighted by Gasteiger charge is 2.13. The van der Waals surface area contributed by atoms with E-state index >= 15 is 0 Å². The lowest BCUT2D eigenvalue weighted by molar-refractivity contribution is -0.384. The van der Waals surface area contributed by atoms with Crippen LogP contribution in [-0.2, 0) is 0 Å². The first-order valence-corrected chi connectivity index (χ1v) is 9.37. The Kier molecular flexibility index (Phi) is 5.71. The van der Waals surface area contributed by atoms with Crippen LogP contribution in [0.3, 0.4) is 0 Å². The molecule has 0 spiro atoms. The lowest BCUT2D eigenvalue weighted by Crippen LogP contribution is -2.21. The first kappa shape index (κ1) is 19.9. The summed E-state index contributed by atoms with van der Waals surface area (Å²) < 4.78 is 6.77. The van der Waals surface area contributed by atoms with E-state index in [0.717, 1.165) is 4.47 Å². The second kappa shape index (κ2) is 8.03. The summed E-state index contributed by atoms with van der Waals surface area (Å²) in [6, 6.07) is 10.2. The van der Waals surface area contributed by atoms with Gasteiger partial charge in [-0.2, -0.15) is 5.10 Å². The molecule has 0 radical (unpaired) electrons. The first-order valence-electron chi connectivity index (χ1n) is 7.78. The number of benzene rings is 2. The molecule has 0 fully saturated rings. The van der Waals surface area contributed by atoms with Crippen molar-refractivity contribution in [3.8, 4) is 0 Å². The molecule has 28 heavy (non-hydrogen) atoms. The van der Waals surface area contributed by atoms with Crippen molar-refractivity contribution < 1.29 is 14.1 Å². The summed E-state index contributed by atoms with van der Waals surface area (Å²) in [6.07, 6.45) is 0. The number of hydrogen-bond donors (Lipinski definition) is 1. The molecule has 0 aliphatic rings. The van der Waals surface area contributed by atoms with Crippen LogP contribution in [0.25, 0.3) is 11.0 Å². The standard InChI is InChI=1S/C18H11Br2N3O5/c1-9(21-22-17(24)10-2-4-13(5-3-10)23(26)27)14-7-11-6-12(19)8-15(20)16(11)28-18(14)25/h2-8H,1H3,(H,22,24)/b21-9+. The predicted molar refractivity (Wildman–Crippen MR) is 111 cm³/mol. The number of carbonyl (C=O) groups is 1. The Hall–Kier alpha value is -2.85. The fourth-order valence-corrected chi connectivity index (χ4v) is 3.74. The molecule has 2 aromatic carbocycles. The highest BCUT2D eigenvalue weighted by molar-refractivity contribution is 9.11. The smallest absolute Gasteiger partial charge is 0.345 e. The fraction of sp³-hybridized carbons (Fsp3) is 0.0556. The maximum atomic E-state index is 12.3. The topological polar surface area (TPSA) is 115 Å². The number of rotatable bonds is 4. The molecule has 0 bridgehead atoms. The minimum atomic E-state index is -0.596. The zero-order valence-corrected chi connectivity index (χ0v) is 17.4. The van der Waals surface area contributed by atoms with Crippen molar-refractivity contribution in [2.75, 3.05) is 0 Å². The first-order chi connectivity index (χ1) is 13.3. The third kappa shape index (κ3) is 4.18. The Morgan fingerprint density at radius 3 is 2.50 bits per heavy atom. The number of non-ortho nitro benzene ring substituents is 1. The van der Waals surface area contributed by atoms with Gasteiger partial charge in [-0.05, 0) is 53.2 Å². The van der Waals surface area contributed by atoms with Gasteiger partial charge in [-0.3, -0.25) is 14.9 Å².